The molecule has 1 N–H and O–H groups in total. The lowest BCUT2D eigenvalue weighted by Gasteiger charge is -2.03. The molecule has 1 aromatic carbocycles. The molecule has 2 aromatic rings. The smallest absolute Gasteiger partial charge is 0.236 e. The fraction of sp³-hybridized carbons (Fsp3) is 0. The molecule has 17 heavy (non-hydrogen) atoms. The van der Waals surface area contributed by atoms with E-state index in [-0.39, 0.29) is 5.95 Å². The maximum absolute atomic E-state index is 8.40. The Bertz CT molecular complexity index is 575. The van der Waals surface area contributed by atoms with Crippen LogP contribution in [0.4, 0.5) is 5.95 Å². The van der Waals surface area contributed by atoms with Gasteiger partial charge in [-0.1, -0.05) is 29.3 Å². The van der Waals surface area contributed by atoms with E-state index in [0.29, 0.717) is 10.0 Å². The number of rotatable bonds is 2. The molecule has 0 aliphatic carbocycles. The van der Waals surface area contributed by atoms with Crippen molar-refractivity contribution in [2.75, 3.05) is 5.32 Å². The van der Waals surface area contributed by atoms with Crippen LogP contribution >= 0.6 is 23.2 Å². The lowest BCUT2D eigenvalue weighted by molar-refractivity contribution is 1.17. The largest absolute Gasteiger partial charge is 0.261 e. The Kier molecular flexibility index (Phi) is 3.43. The standard InChI is InChI=1S/C11H6Cl2N4/c12-9-2-1-7(3-10(9)13)8-4-15-11(16-5-8)17-6-14/h1-5H,(H,15,16,17). The Balaban J connectivity index is 2.33. The van der Waals surface area contributed by atoms with E-state index in [0.717, 1.165) is 11.1 Å². The molecule has 4 nitrogen and oxygen atoms in total. The molecule has 0 saturated carbocycles. The molecular weight excluding hydrogens is 259 g/mol. The number of halogens is 2. The van der Waals surface area contributed by atoms with E-state index in [4.69, 9.17) is 28.5 Å². The van der Waals surface area contributed by atoms with Gasteiger partial charge in [-0.25, -0.2) is 9.97 Å². The molecule has 0 radical (unpaired) electrons. The van der Waals surface area contributed by atoms with Crippen molar-refractivity contribution < 1.29 is 0 Å². The highest BCUT2D eigenvalue weighted by atomic mass is 35.5. The maximum Gasteiger partial charge on any atom is 0.236 e. The number of hydrogen-bond donors (Lipinski definition) is 1. The third-order valence-corrected chi connectivity index (χ3v) is 2.81. The summed E-state index contributed by atoms with van der Waals surface area (Å²) in [6.45, 7) is 0. The predicted octanol–water partition coefficient (Wildman–Crippen LogP) is 3.34. The normalized spacial score (nSPS) is 9.71. The predicted molar refractivity (Wildman–Crippen MR) is 66.7 cm³/mol. The summed E-state index contributed by atoms with van der Waals surface area (Å²) in [6, 6.07) is 5.27. The zero-order valence-electron chi connectivity index (χ0n) is 8.48. The van der Waals surface area contributed by atoms with Crippen molar-refractivity contribution in [3.05, 3.63) is 40.6 Å². The van der Waals surface area contributed by atoms with Crippen LogP contribution in [0.1, 0.15) is 0 Å². The summed E-state index contributed by atoms with van der Waals surface area (Å²) in [5.41, 5.74) is 1.66. The van der Waals surface area contributed by atoms with Crippen LogP contribution in [0, 0.1) is 11.5 Å². The van der Waals surface area contributed by atoms with Crippen molar-refractivity contribution >= 4 is 29.2 Å². The van der Waals surface area contributed by atoms with Gasteiger partial charge in [0.2, 0.25) is 5.95 Å². The first-order valence-electron chi connectivity index (χ1n) is 4.63. The molecule has 0 fully saturated rings. The molecule has 6 heteroatoms. The van der Waals surface area contributed by atoms with Crippen LogP contribution in [0.5, 0.6) is 0 Å². The minimum Gasteiger partial charge on any atom is -0.261 e. The number of benzene rings is 1. The van der Waals surface area contributed by atoms with Crippen LogP contribution in [0.25, 0.3) is 11.1 Å². The van der Waals surface area contributed by atoms with E-state index in [1.807, 2.05) is 6.07 Å². The van der Waals surface area contributed by atoms with E-state index >= 15 is 0 Å². The molecule has 2 rings (SSSR count). The minimum absolute atomic E-state index is 0.260. The fourth-order valence-corrected chi connectivity index (χ4v) is 1.57. The Morgan fingerprint density at radius 3 is 2.35 bits per heavy atom. The third-order valence-electron chi connectivity index (χ3n) is 2.07. The number of anilines is 1. The van der Waals surface area contributed by atoms with E-state index in [1.54, 1.807) is 30.7 Å². The quantitative estimate of drug-likeness (QED) is 0.668. The minimum atomic E-state index is 0.260. The van der Waals surface area contributed by atoms with Crippen LogP contribution in [-0.2, 0) is 0 Å². The van der Waals surface area contributed by atoms with Crippen LogP contribution in [0.2, 0.25) is 10.0 Å². The van der Waals surface area contributed by atoms with Crippen molar-refractivity contribution in [2.24, 2.45) is 0 Å². The van der Waals surface area contributed by atoms with Gasteiger partial charge in [-0.2, -0.15) is 5.26 Å². The first-order chi connectivity index (χ1) is 8.20. The molecule has 84 valence electrons. The number of aromatic nitrogens is 2. The van der Waals surface area contributed by atoms with Gasteiger partial charge in [0.25, 0.3) is 0 Å². The fourth-order valence-electron chi connectivity index (χ4n) is 1.27. The molecular formula is C11H6Cl2N4. The summed E-state index contributed by atoms with van der Waals surface area (Å²) >= 11 is 11.7. The highest BCUT2D eigenvalue weighted by Gasteiger charge is 2.03. The van der Waals surface area contributed by atoms with Crippen LogP contribution in [0.3, 0.4) is 0 Å². The number of nitrogens with zero attached hydrogens (tertiary/aromatic N) is 3. The Morgan fingerprint density at radius 1 is 1.06 bits per heavy atom. The average molecular weight is 265 g/mol. The number of nitriles is 1. The first kappa shape index (κ1) is 11.6. The van der Waals surface area contributed by atoms with Crippen LogP contribution < -0.4 is 5.32 Å². The Labute approximate surface area is 108 Å². The molecule has 1 aromatic heterocycles. The zero-order chi connectivity index (χ0) is 12.3. The second-order valence-electron chi connectivity index (χ2n) is 3.16. The second kappa shape index (κ2) is 5.00. The van der Waals surface area contributed by atoms with Crippen molar-refractivity contribution in [1.82, 2.24) is 9.97 Å². The van der Waals surface area contributed by atoms with Gasteiger partial charge in [0, 0.05) is 18.0 Å². The van der Waals surface area contributed by atoms with E-state index in [9.17, 15) is 0 Å². The van der Waals surface area contributed by atoms with Gasteiger partial charge in [0.05, 0.1) is 10.0 Å². The number of nitrogens with one attached hydrogen (secondary N) is 1. The summed E-state index contributed by atoms with van der Waals surface area (Å²) in [7, 11) is 0. The molecule has 0 amide bonds. The molecule has 0 atom stereocenters. The first-order valence-corrected chi connectivity index (χ1v) is 5.39. The van der Waals surface area contributed by atoms with Crippen molar-refractivity contribution in [3.8, 4) is 17.3 Å². The molecule has 0 aliphatic rings. The lowest BCUT2D eigenvalue weighted by Crippen LogP contribution is -1.94. The van der Waals surface area contributed by atoms with Crippen LogP contribution in [0.15, 0.2) is 30.6 Å². The molecule has 0 saturated heterocycles. The summed E-state index contributed by atoms with van der Waals surface area (Å²) in [5, 5.41) is 11.7. The molecule has 0 aliphatic heterocycles. The van der Waals surface area contributed by atoms with E-state index in [2.05, 4.69) is 15.3 Å². The topological polar surface area (TPSA) is 61.6 Å². The van der Waals surface area contributed by atoms with E-state index < -0.39 is 0 Å². The second-order valence-corrected chi connectivity index (χ2v) is 3.98. The highest BCUT2D eigenvalue weighted by molar-refractivity contribution is 6.42. The average Bonchev–Trinajstić information content (AvgIpc) is 2.34. The van der Waals surface area contributed by atoms with Gasteiger partial charge in [-0.15, -0.1) is 0 Å². The number of hydrogen-bond acceptors (Lipinski definition) is 4. The van der Waals surface area contributed by atoms with Gasteiger partial charge in [0.15, 0.2) is 6.19 Å². The van der Waals surface area contributed by atoms with Crippen molar-refractivity contribution in [1.29, 1.82) is 5.26 Å². The molecule has 1 heterocycles. The van der Waals surface area contributed by atoms with E-state index in [1.165, 1.54) is 0 Å². The third kappa shape index (κ3) is 2.64. The Hall–Kier alpha value is -1.83. The highest BCUT2D eigenvalue weighted by Crippen LogP contribution is 2.27. The maximum atomic E-state index is 8.40. The Morgan fingerprint density at radius 2 is 1.76 bits per heavy atom. The van der Waals surface area contributed by atoms with Gasteiger partial charge in [-0.3, -0.25) is 5.32 Å². The molecule has 0 bridgehead atoms. The van der Waals surface area contributed by atoms with Gasteiger partial charge in [0.1, 0.15) is 0 Å². The summed E-state index contributed by atoms with van der Waals surface area (Å²) in [6.07, 6.45) is 4.95. The van der Waals surface area contributed by atoms with Gasteiger partial charge >= 0.3 is 0 Å². The summed E-state index contributed by atoms with van der Waals surface area (Å²) in [4.78, 5) is 7.95. The lowest BCUT2D eigenvalue weighted by atomic mass is 10.1. The zero-order valence-corrected chi connectivity index (χ0v) is 10.00. The monoisotopic (exact) mass is 264 g/mol. The van der Waals surface area contributed by atoms with Crippen molar-refractivity contribution in [3.63, 3.8) is 0 Å². The van der Waals surface area contributed by atoms with Crippen molar-refractivity contribution in [2.45, 2.75) is 0 Å². The molecule has 0 unspecified atom stereocenters. The van der Waals surface area contributed by atoms with Gasteiger partial charge in [-0.05, 0) is 17.7 Å². The summed E-state index contributed by atoms with van der Waals surface area (Å²) in [5.74, 6) is 0.260. The summed E-state index contributed by atoms with van der Waals surface area (Å²) < 4.78 is 0. The van der Waals surface area contributed by atoms with Gasteiger partial charge < -0.3 is 0 Å². The SMILES string of the molecule is N#CNc1ncc(-c2ccc(Cl)c(Cl)c2)cn1. The molecule has 0 spiro atoms. The van der Waals surface area contributed by atoms with Crippen LogP contribution in [-0.4, -0.2) is 9.97 Å².